The van der Waals surface area contributed by atoms with Gasteiger partial charge < -0.3 is 4.90 Å². The third-order valence-corrected chi connectivity index (χ3v) is 14.2. The third kappa shape index (κ3) is 7.24. The number of hydrogen-bond donors (Lipinski definition) is 0. The maximum atomic E-state index is 2.38. The van der Waals surface area contributed by atoms with Crippen LogP contribution in [0.15, 0.2) is 261 Å². The highest BCUT2D eigenvalue weighted by Crippen LogP contribution is 2.45. The number of fused-ring (bicyclic) bond motifs is 4. The molecule has 0 unspecified atom stereocenters. The van der Waals surface area contributed by atoms with E-state index in [0.717, 1.165) is 17.1 Å². The number of nitrogens with zero attached hydrogens (tertiary/aromatic N) is 1. The second-order valence-corrected chi connectivity index (χ2v) is 17.9. The van der Waals surface area contributed by atoms with E-state index in [9.17, 15) is 0 Å². The lowest BCUT2D eigenvalue weighted by atomic mass is 9.89. The Balaban J connectivity index is 0.939. The largest absolute Gasteiger partial charge is 0.310 e. The molecular formula is C64H43NS. The zero-order chi connectivity index (χ0) is 43.8. The molecule has 0 aliphatic carbocycles. The summed E-state index contributed by atoms with van der Waals surface area (Å²) in [4.78, 5) is 2.38. The van der Waals surface area contributed by atoms with E-state index in [0.29, 0.717) is 0 Å². The zero-order valence-corrected chi connectivity index (χ0v) is 37.0. The third-order valence-electron chi connectivity index (χ3n) is 12.9. The van der Waals surface area contributed by atoms with E-state index < -0.39 is 0 Å². The monoisotopic (exact) mass is 857 g/mol. The molecule has 66 heavy (non-hydrogen) atoms. The second kappa shape index (κ2) is 17.0. The SMILES string of the molecule is c1ccc(-c2cccc(N(c3ccc(-c4ccc(-c5cccc6ccccc56)c(-c5ccccc5)c4)cc3)c3ccc(-c4cccc5c4sc4c(-c6ccccc6)cccc45)cc3)c2)cc1. The van der Waals surface area contributed by atoms with Gasteiger partial charge in [0.25, 0.3) is 0 Å². The molecule has 12 aromatic rings. The Hall–Kier alpha value is -8.30. The zero-order valence-electron chi connectivity index (χ0n) is 36.2. The van der Waals surface area contributed by atoms with Crippen LogP contribution in [0.5, 0.6) is 0 Å². The highest BCUT2D eigenvalue weighted by Gasteiger charge is 2.18. The maximum absolute atomic E-state index is 2.38. The van der Waals surface area contributed by atoms with Crippen LogP contribution < -0.4 is 4.90 Å². The van der Waals surface area contributed by atoms with Gasteiger partial charge in [0.2, 0.25) is 0 Å². The summed E-state index contributed by atoms with van der Waals surface area (Å²) in [6.07, 6.45) is 0. The highest BCUT2D eigenvalue weighted by molar-refractivity contribution is 7.26. The fourth-order valence-corrected chi connectivity index (χ4v) is 11.0. The fourth-order valence-electron chi connectivity index (χ4n) is 9.66. The lowest BCUT2D eigenvalue weighted by Crippen LogP contribution is -2.10. The quantitative estimate of drug-likeness (QED) is 0.140. The molecule has 2 heteroatoms. The maximum Gasteiger partial charge on any atom is 0.0467 e. The minimum atomic E-state index is 1.09. The first-order chi connectivity index (χ1) is 32.7. The van der Waals surface area contributed by atoms with Crippen LogP contribution in [0.2, 0.25) is 0 Å². The molecule has 0 spiro atoms. The average Bonchev–Trinajstić information content (AvgIpc) is 3.79. The summed E-state index contributed by atoms with van der Waals surface area (Å²) in [6.45, 7) is 0. The van der Waals surface area contributed by atoms with Gasteiger partial charge in [-0.25, -0.2) is 0 Å². The molecule has 0 N–H and O–H groups in total. The van der Waals surface area contributed by atoms with Gasteiger partial charge in [0, 0.05) is 37.2 Å². The van der Waals surface area contributed by atoms with E-state index in [-0.39, 0.29) is 0 Å². The smallest absolute Gasteiger partial charge is 0.0467 e. The molecule has 0 amide bonds. The number of rotatable bonds is 9. The molecule has 11 aromatic carbocycles. The Morgan fingerprint density at radius 2 is 0.652 bits per heavy atom. The summed E-state index contributed by atoms with van der Waals surface area (Å²) in [7, 11) is 0. The van der Waals surface area contributed by atoms with Crippen molar-refractivity contribution in [1.29, 1.82) is 0 Å². The molecule has 12 rings (SSSR count). The lowest BCUT2D eigenvalue weighted by Gasteiger charge is -2.26. The van der Waals surface area contributed by atoms with Crippen molar-refractivity contribution in [1.82, 2.24) is 0 Å². The fraction of sp³-hybridized carbons (Fsp3) is 0. The highest BCUT2D eigenvalue weighted by atomic mass is 32.1. The van der Waals surface area contributed by atoms with Crippen LogP contribution in [0.3, 0.4) is 0 Å². The van der Waals surface area contributed by atoms with Crippen molar-refractivity contribution in [2.45, 2.75) is 0 Å². The van der Waals surface area contributed by atoms with Gasteiger partial charge in [-0.05, 0) is 120 Å². The number of anilines is 3. The van der Waals surface area contributed by atoms with E-state index in [2.05, 4.69) is 266 Å². The van der Waals surface area contributed by atoms with Crippen molar-refractivity contribution >= 4 is 59.3 Å². The molecule has 0 atom stereocenters. The molecule has 0 fully saturated rings. The number of benzene rings is 11. The van der Waals surface area contributed by atoms with Crippen LogP contribution in [-0.2, 0) is 0 Å². The van der Waals surface area contributed by atoms with Crippen LogP contribution in [-0.4, -0.2) is 0 Å². The molecule has 1 aromatic heterocycles. The molecule has 1 heterocycles. The minimum Gasteiger partial charge on any atom is -0.310 e. The van der Waals surface area contributed by atoms with Gasteiger partial charge in [-0.2, -0.15) is 0 Å². The van der Waals surface area contributed by atoms with Crippen molar-refractivity contribution in [2.75, 3.05) is 4.90 Å². The molecular weight excluding hydrogens is 815 g/mol. The first-order valence-electron chi connectivity index (χ1n) is 22.6. The molecule has 0 aliphatic rings. The number of hydrogen-bond acceptors (Lipinski definition) is 2. The van der Waals surface area contributed by atoms with E-state index >= 15 is 0 Å². The Kier molecular flexibility index (Phi) is 10.1. The predicted octanol–water partition coefficient (Wildman–Crippen LogP) is 18.7. The van der Waals surface area contributed by atoms with Gasteiger partial charge in [0.15, 0.2) is 0 Å². The van der Waals surface area contributed by atoms with Crippen LogP contribution in [0, 0.1) is 0 Å². The summed E-state index contributed by atoms with van der Waals surface area (Å²) in [5.74, 6) is 0. The van der Waals surface area contributed by atoms with Crippen molar-refractivity contribution in [2.24, 2.45) is 0 Å². The van der Waals surface area contributed by atoms with Crippen LogP contribution in [0.25, 0.3) is 97.7 Å². The van der Waals surface area contributed by atoms with E-state index in [1.165, 1.54) is 97.7 Å². The van der Waals surface area contributed by atoms with Crippen molar-refractivity contribution in [3.05, 3.63) is 261 Å². The lowest BCUT2D eigenvalue weighted by molar-refractivity contribution is 1.28. The summed E-state index contributed by atoms with van der Waals surface area (Å²) in [6, 6.07) is 94.9. The molecule has 1 nitrogen and oxygen atoms in total. The van der Waals surface area contributed by atoms with Crippen LogP contribution >= 0.6 is 11.3 Å². The summed E-state index contributed by atoms with van der Waals surface area (Å²) < 4.78 is 2.64. The average molecular weight is 858 g/mol. The Labute approximate surface area is 389 Å². The topological polar surface area (TPSA) is 3.24 Å². The summed E-state index contributed by atoms with van der Waals surface area (Å²) in [5, 5.41) is 5.11. The van der Waals surface area contributed by atoms with E-state index in [1.807, 2.05) is 11.3 Å². The molecule has 0 saturated carbocycles. The summed E-state index contributed by atoms with van der Waals surface area (Å²) >= 11 is 1.90. The number of thiophene rings is 1. The second-order valence-electron chi connectivity index (χ2n) is 16.8. The van der Waals surface area contributed by atoms with Crippen molar-refractivity contribution < 1.29 is 0 Å². The first-order valence-corrected chi connectivity index (χ1v) is 23.4. The standard InChI is InChI=1S/C64H43NS/c1-4-16-44(17-5-1)50-24-12-25-54(42-50)65(53-39-34-49(35-40-53)57-28-15-31-61-60-30-14-27-56(63(60)66-64(57)61)47-18-6-2-7-19-47)52-37-32-45(33-38-52)51-36-41-59(62(43-51)48-20-8-3-9-21-48)58-29-13-23-46-22-10-11-26-55(46)58/h1-43H. The molecule has 0 aliphatic heterocycles. The van der Waals surface area contributed by atoms with Gasteiger partial charge in [0.1, 0.15) is 0 Å². The first kappa shape index (κ1) is 39.3. The Bertz CT molecular complexity index is 3660. The Morgan fingerprint density at radius 1 is 0.227 bits per heavy atom. The van der Waals surface area contributed by atoms with Gasteiger partial charge in [-0.1, -0.05) is 218 Å². The predicted molar refractivity (Wildman–Crippen MR) is 284 cm³/mol. The van der Waals surface area contributed by atoms with Crippen LogP contribution in [0.1, 0.15) is 0 Å². The normalized spacial score (nSPS) is 11.3. The van der Waals surface area contributed by atoms with Gasteiger partial charge >= 0.3 is 0 Å². The Morgan fingerprint density at radius 3 is 1.30 bits per heavy atom. The molecule has 310 valence electrons. The van der Waals surface area contributed by atoms with Crippen LogP contribution in [0.4, 0.5) is 17.1 Å². The minimum absolute atomic E-state index is 1.09. The molecule has 0 saturated heterocycles. The van der Waals surface area contributed by atoms with Crippen molar-refractivity contribution in [3.8, 4) is 66.8 Å². The molecule has 0 radical (unpaired) electrons. The van der Waals surface area contributed by atoms with Gasteiger partial charge in [-0.15, -0.1) is 11.3 Å². The molecule has 0 bridgehead atoms. The van der Waals surface area contributed by atoms with Crippen molar-refractivity contribution in [3.63, 3.8) is 0 Å². The van der Waals surface area contributed by atoms with E-state index in [1.54, 1.807) is 0 Å². The van der Waals surface area contributed by atoms with E-state index in [4.69, 9.17) is 0 Å². The van der Waals surface area contributed by atoms with Gasteiger partial charge in [-0.3, -0.25) is 0 Å². The summed E-state index contributed by atoms with van der Waals surface area (Å²) in [5.41, 5.74) is 17.9. The van der Waals surface area contributed by atoms with Gasteiger partial charge in [0.05, 0.1) is 0 Å².